The van der Waals surface area contributed by atoms with Crippen LogP contribution in [0.5, 0.6) is 5.88 Å². The molecule has 0 fully saturated rings. The summed E-state index contributed by atoms with van der Waals surface area (Å²) in [6.07, 6.45) is 2.29. The lowest BCUT2D eigenvalue weighted by atomic mass is 10.0. The van der Waals surface area contributed by atoms with E-state index in [1.54, 1.807) is 19.4 Å². The number of hydrogen-bond donors (Lipinski definition) is 2. The summed E-state index contributed by atoms with van der Waals surface area (Å²) < 4.78 is 4.96. The van der Waals surface area contributed by atoms with Gasteiger partial charge in [0.05, 0.1) is 7.11 Å². The second kappa shape index (κ2) is 6.96. The molecule has 1 rings (SSSR count). The third kappa shape index (κ3) is 4.71. The number of carbonyl (C=O) groups is 1. The maximum absolute atomic E-state index is 11.1. The van der Waals surface area contributed by atoms with Gasteiger partial charge in [0.25, 0.3) is 0 Å². The van der Waals surface area contributed by atoms with E-state index >= 15 is 0 Å². The predicted octanol–water partition coefficient (Wildman–Crippen LogP) is 1.68. The molecule has 5 heteroatoms. The van der Waals surface area contributed by atoms with Crippen molar-refractivity contribution in [2.75, 3.05) is 7.11 Å². The van der Waals surface area contributed by atoms with E-state index in [0.717, 1.165) is 5.56 Å². The van der Waals surface area contributed by atoms with Crippen molar-refractivity contribution in [1.29, 1.82) is 0 Å². The van der Waals surface area contributed by atoms with Gasteiger partial charge in [0.15, 0.2) is 0 Å². The van der Waals surface area contributed by atoms with Gasteiger partial charge in [-0.15, -0.1) is 0 Å². The van der Waals surface area contributed by atoms with E-state index in [9.17, 15) is 4.79 Å². The molecule has 0 saturated carbocycles. The molecule has 5 nitrogen and oxygen atoms in total. The fourth-order valence-corrected chi connectivity index (χ4v) is 1.62. The Bertz CT molecular complexity index is 376. The maximum Gasteiger partial charge on any atom is 0.320 e. The number of nitrogens with one attached hydrogen (secondary N) is 1. The van der Waals surface area contributed by atoms with E-state index in [0.29, 0.717) is 24.8 Å². The van der Waals surface area contributed by atoms with Crippen LogP contribution in [0, 0.1) is 5.92 Å². The van der Waals surface area contributed by atoms with Crippen LogP contribution in [0.15, 0.2) is 18.3 Å². The Morgan fingerprint density at radius 2 is 2.22 bits per heavy atom. The summed E-state index contributed by atoms with van der Waals surface area (Å²) in [4.78, 5) is 15.1. The summed E-state index contributed by atoms with van der Waals surface area (Å²) in [5.74, 6) is 0.0773. The van der Waals surface area contributed by atoms with Gasteiger partial charge < -0.3 is 15.2 Å². The van der Waals surface area contributed by atoms with Crippen molar-refractivity contribution in [3.8, 4) is 5.88 Å². The van der Waals surface area contributed by atoms with Gasteiger partial charge in [0, 0.05) is 18.8 Å². The van der Waals surface area contributed by atoms with Crippen molar-refractivity contribution in [1.82, 2.24) is 10.3 Å². The van der Waals surface area contributed by atoms with Crippen LogP contribution in [0.2, 0.25) is 0 Å². The van der Waals surface area contributed by atoms with Gasteiger partial charge in [-0.1, -0.05) is 19.9 Å². The molecule has 0 aliphatic rings. The second-order valence-corrected chi connectivity index (χ2v) is 4.61. The van der Waals surface area contributed by atoms with Crippen LogP contribution in [0.25, 0.3) is 0 Å². The molecule has 0 aromatic carbocycles. The zero-order valence-corrected chi connectivity index (χ0v) is 11.0. The highest BCUT2D eigenvalue weighted by Crippen LogP contribution is 2.09. The lowest BCUT2D eigenvalue weighted by molar-refractivity contribution is -0.140. The molecule has 0 aliphatic heterocycles. The monoisotopic (exact) mass is 252 g/mol. The Hall–Kier alpha value is -1.62. The zero-order valence-electron chi connectivity index (χ0n) is 11.0. The predicted molar refractivity (Wildman–Crippen MR) is 68.5 cm³/mol. The second-order valence-electron chi connectivity index (χ2n) is 4.61. The number of aliphatic carboxylic acids is 1. The first-order valence-corrected chi connectivity index (χ1v) is 5.98. The number of nitrogens with zero attached hydrogens (tertiary/aromatic N) is 1. The molecule has 0 saturated heterocycles. The summed E-state index contributed by atoms with van der Waals surface area (Å²) in [6.45, 7) is 4.50. The van der Waals surface area contributed by atoms with Crippen LogP contribution in [-0.2, 0) is 11.3 Å². The van der Waals surface area contributed by atoms with Gasteiger partial charge in [-0.2, -0.15) is 0 Å². The van der Waals surface area contributed by atoms with Crippen molar-refractivity contribution in [2.45, 2.75) is 32.9 Å². The molecule has 1 heterocycles. The van der Waals surface area contributed by atoms with Crippen LogP contribution in [0.1, 0.15) is 25.8 Å². The van der Waals surface area contributed by atoms with Gasteiger partial charge in [0.1, 0.15) is 6.04 Å². The standard InChI is InChI=1S/C13H20N2O3/c1-9(2)6-11(13(16)17)14-7-10-4-5-12(18-3)15-8-10/h4-5,8-9,11,14H,6-7H2,1-3H3,(H,16,17)/t11-/m1/s1. The smallest absolute Gasteiger partial charge is 0.320 e. The summed E-state index contributed by atoms with van der Waals surface area (Å²) in [6, 6.07) is 3.11. The van der Waals surface area contributed by atoms with E-state index in [-0.39, 0.29) is 0 Å². The van der Waals surface area contributed by atoms with Crippen LogP contribution in [0.3, 0.4) is 0 Å². The molecular weight excluding hydrogens is 232 g/mol. The minimum Gasteiger partial charge on any atom is -0.481 e. The molecule has 0 bridgehead atoms. The minimum atomic E-state index is -0.815. The third-order valence-corrected chi connectivity index (χ3v) is 2.56. The van der Waals surface area contributed by atoms with Crippen molar-refractivity contribution in [2.24, 2.45) is 5.92 Å². The summed E-state index contributed by atoms with van der Waals surface area (Å²) >= 11 is 0. The fraction of sp³-hybridized carbons (Fsp3) is 0.538. The number of pyridine rings is 1. The topological polar surface area (TPSA) is 71.5 Å². The quantitative estimate of drug-likeness (QED) is 0.772. The molecular formula is C13H20N2O3. The Kier molecular flexibility index (Phi) is 5.58. The van der Waals surface area contributed by atoms with E-state index in [1.165, 1.54) is 0 Å². The number of hydrogen-bond acceptors (Lipinski definition) is 4. The Labute approximate surface area is 107 Å². The highest BCUT2D eigenvalue weighted by molar-refractivity contribution is 5.73. The molecule has 0 unspecified atom stereocenters. The average Bonchev–Trinajstić information content (AvgIpc) is 2.34. The van der Waals surface area contributed by atoms with Gasteiger partial charge in [-0.05, 0) is 17.9 Å². The van der Waals surface area contributed by atoms with E-state index in [1.807, 2.05) is 19.9 Å². The average molecular weight is 252 g/mol. The van der Waals surface area contributed by atoms with Crippen molar-refractivity contribution < 1.29 is 14.6 Å². The number of aromatic nitrogens is 1. The Morgan fingerprint density at radius 3 is 2.67 bits per heavy atom. The van der Waals surface area contributed by atoms with Gasteiger partial charge >= 0.3 is 5.97 Å². The fourth-order valence-electron chi connectivity index (χ4n) is 1.62. The molecule has 1 aromatic rings. The molecule has 100 valence electrons. The normalized spacial score (nSPS) is 12.4. The Morgan fingerprint density at radius 1 is 1.50 bits per heavy atom. The van der Waals surface area contributed by atoms with E-state index < -0.39 is 12.0 Å². The molecule has 2 N–H and O–H groups in total. The molecule has 1 aromatic heterocycles. The molecule has 0 spiro atoms. The lowest BCUT2D eigenvalue weighted by Gasteiger charge is -2.16. The number of carboxylic acids is 1. The number of carboxylic acid groups (broad SMARTS) is 1. The van der Waals surface area contributed by atoms with Gasteiger partial charge in [-0.3, -0.25) is 4.79 Å². The number of methoxy groups -OCH3 is 1. The van der Waals surface area contributed by atoms with Crippen LogP contribution in [0.4, 0.5) is 0 Å². The number of ether oxygens (including phenoxy) is 1. The van der Waals surface area contributed by atoms with Crippen LogP contribution >= 0.6 is 0 Å². The highest BCUT2D eigenvalue weighted by atomic mass is 16.5. The third-order valence-electron chi connectivity index (χ3n) is 2.56. The summed E-state index contributed by atoms with van der Waals surface area (Å²) in [5.41, 5.74) is 0.936. The van der Waals surface area contributed by atoms with Crippen molar-refractivity contribution in [3.63, 3.8) is 0 Å². The van der Waals surface area contributed by atoms with Gasteiger partial charge in [0.2, 0.25) is 5.88 Å². The highest BCUT2D eigenvalue weighted by Gasteiger charge is 2.17. The minimum absolute atomic E-state index is 0.340. The molecule has 0 amide bonds. The first-order valence-electron chi connectivity index (χ1n) is 5.98. The van der Waals surface area contributed by atoms with E-state index in [4.69, 9.17) is 9.84 Å². The zero-order chi connectivity index (χ0) is 13.5. The largest absolute Gasteiger partial charge is 0.481 e. The van der Waals surface area contributed by atoms with Gasteiger partial charge in [-0.25, -0.2) is 4.98 Å². The Balaban J connectivity index is 2.52. The SMILES string of the molecule is COc1ccc(CN[C@H](CC(C)C)C(=O)O)cn1. The van der Waals surface area contributed by atoms with Crippen LogP contribution in [-0.4, -0.2) is 29.2 Å². The number of rotatable bonds is 7. The summed E-state index contributed by atoms with van der Waals surface area (Å²) in [7, 11) is 1.56. The first-order chi connectivity index (χ1) is 8.52. The molecule has 18 heavy (non-hydrogen) atoms. The van der Waals surface area contributed by atoms with Crippen molar-refractivity contribution >= 4 is 5.97 Å². The van der Waals surface area contributed by atoms with Crippen molar-refractivity contribution in [3.05, 3.63) is 23.9 Å². The molecule has 0 aliphatic carbocycles. The first kappa shape index (κ1) is 14.4. The van der Waals surface area contributed by atoms with E-state index in [2.05, 4.69) is 10.3 Å². The van der Waals surface area contributed by atoms with Crippen LogP contribution < -0.4 is 10.1 Å². The maximum atomic E-state index is 11.1. The lowest BCUT2D eigenvalue weighted by Crippen LogP contribution is -2.37. The molecule has 0 radical (unpaired) electrons. The summed E-state index contributed by atoms with van der Waals surface area (Å²) in [5, 5.41) is 12.1. The molecule has 1 atom stereocenters.